The normalized spacial score (nSPS) is 15.9. The molecule has 0 aliphatic heterocycles. The average Bonchev–Trinajstić information content (AvgIpc) is 2.98. The van der Waals surface area contributed by atoms with Gasteiger partial charge in [-0.15, -0.1) is 0 Å². The summed E-state index contributed by atoms with van der Waals surface area (Å²) >= 11 is 0. The lowest BCUT2D eigenvalue weighted by Crippen LogP contribution is -2.16. The van der Waals surface area contributed by atoms with Crippen LogP contribution in [0.3, 0.4) is 0 Å². The highest BCUT2D eigenvalue weighted by Crippen LogP contribution is 2.32. The Morgan fingerprint density at radius 1 is 1.22 bits per heavy atom. The molecule has 18 heavy (non-hydrogen) atoms. The van der Waals surface area contributed by atoms with E-state index in [1.807, 2.05) is 26.0 Å². The summed E-state index contributed by atoms with van der Waals surface area (Å²) in [6.45, 7) is 10.5. The van der Waals surface area contributed by atoms with E-state index in [9.17, 15) is 0 Å². The van der Waals surface area contributed by atoms with Crippen LogP contribution in [0.4, 0.5) is 0 Å². The first-order chi connectivity index (χ1) is 8.34. The zero-order chi connectivity index (χ0) is 13.3. The van der Waals surface area contributed by atoms with Crippen LogP contribution in [0.25, 0.3) is 0 Å². The van der Waals surface area contributed by atoms with Gasteiger partial charge in [-0.25, -0.2) is 4.98 Å². The monoisotopic (exact) mass is 249 g/mol. The number of ether oxygens (including phenoxy) is 2. The highest BCUT2D eigenvalue weighted by Gasteiger charge is 2.25. The van der Waals surface area contributed by atoms with Crippen LogP contribution < -0.4 is 9.47 Å². The fourth-order valence-corrected chi connectivity index (χ4v) is 1.61. The van der Waals surface area contributed by atoms with E-state index in [-0.39, 0.29) is 11.5 Å². The number of pyridine rings is 1. The predicted octanol–water partition coefficient (Wildman–Crippen LogP) is 3.71. The van der Waals surface area contributed by atoms with Gasteiger partial charge in [0.15, 0.2) is 0 Å². The van der Waals surface area contributed by atoms with Crippen molar-refractivity contribution < 1.29 is 9.47 Å². The maximum absolute atomic E-state index is 5.86. The third kappa shape index (κ3) is 3.62. The summed E-state index contributed by atoms with van der Waals surface area (Å²) in [7, 11) is 0. The van der Waals surface area contributed by atoms with Crippen LogP contribution in [0, 0.1) is 0 Å². The largest absolute Gasteiger partial charge is 0.490 e. The molecule has 1 aliphatic carbocycles. The summed E-state index contributed by atoms with van der Waals surface area (Å²) in [5.74, 6) is 1.54. The Morgan fingerprint density at radius 2 is 1.89 bits per heavy atom. The molecular weight excluding hydrogens is 226 g/mol. The lowest BCUT2D eigenvalue weighted by molar-refractivity contribution is 0.227. The van der Waals surface area contributed by atoms with Crippen LogP contribution in [0.1, 0.15) is 53.2 Å². The second-order valence-corrected chi connectivity index (χ2v) is 6.26. The summed E-state index contributed by atoms with van der Waals surface area (Å²) in [5, 5.41) is 0. The lowest BCUT2D eigenvalue weighted by Gasteiger charge is -2.20. The maximum Gasteiger partial charge on any atom is 0.217 e. The van der Waals surface area contributed by atoms with Crippen LogP contribution in [0.15, 0.2) is 12.1 Å². The van der Waals surface area contributed by atoms with Gasteiger partial charge in [0.25, 0.3) is 0 Å². The van der Waals surface area contributed by atoms with E-state index in [4.69, 9.17) is 9.47 Å². The molecule has 1 fully saturated rings. The van der Waals surface area contributed by atoms with E-state index in [0.717, 1.165) is 24.3 Å². The van der Waals surface area contributed by atoms with E-state index in [0.29, 0.717) is 12.0 Å². The first kappa shape index (κ1) is 13.2. The van der Waals surface area contributed by atoms with Gasteiger partial charge in [0.1, 0.15) is 5.75 Å². The first-order valence-corrected chi connectivity index (χ1v) is 6.70. The standard InChI is InChI=1S/C15H23NO2/c1-10(2)17-14-9-12(18-11-6-7-11)8-13(16-14)15(3,4)5/h8-11H,6-7H2,1-5H3. The van der Waals surface area contributed by atoms with E-state index in [1.165, 1.54) is 0 Å². The van der Waals surface area contributed by atoms with Gasteiger partial charge in [0.2, 0.25) is 5.88 Å². The van der Waals surface area contributed by atoms with Crippen molar-refractivity contribution in [2.45, 2.75) is 65.1 Å². The molecule has 3 nitrogen and oxygen atoms in total. The Bertz CT molecular complexity index is 395. The van der Waals surface area contributed by atoms with Gasteiger partial charge in [-0.1, -0.05) is 20.8 Å². The highest BCUT2D eigenvalue weighted by molar-refractivity contribution is 5.33. The Labute approximate surface area is 110 Å². The second-order valence-electron chi connectivity index (χ2n) is 6.26. The van der Waals surface area contributed by atoms with Crippen molar-refractivity contribution in [3.8, 4) is 11.6 Å². The summed E-state index contributed by atoms with van der Waals surface area (Å²) in [5.41, 5.74) is 1.01. The third-order valence-electron chi connectivity index (χ3n) is 2.73. The first-order valence-electron chi connectivity index (χ1n) is 6.70. The van der Waals surface area contributed by atoms with Crippen molar-refractivity contribution >= 4 is 0 Å². The summed E-state index contributed by atoms with van der Waals surface area (Å²) < 4.78 is 11.6. The molecule has 0 N–H and O–H groups in total. The van der Waals surface area contributed by atoms with Gasteiger partial charge >= 0.3 is 0 Å². The Kier molecular flexibility index (Phi) is 3.51. The highest BCUT2D eigenvalue weighted by atomic mass is 16.5. The number of hydrogen-bond acceptors (Lipinski definition) is 3. The summed E-state index contributed by atoms with van der Waals surface area (Å²) in [6.07, 6.45) is 2.84. The predicted molar refractivity (Wildman–Crippen MR) is 72.4 cm³/mol. The van der Waals surface area contributed by atoms with Crippen molar-refractivity contribution in [1.82, 2.24) is 4.98 Å². The molecule has 2 rings (SSSR count). The number of hydrogen-bond donors (Lipinski definition) is 0. The van der Waals surface area contributed by atoms with Gasteiger partial charge in [-0.05, 0) is 26.7 Å². The minimum absolute atomic E-state index is 0.00197. The van der Waals surface area contributed by atoms with Crippen molar-refractivity contribution in [2.24, 2.45) is 0 Å². The molecule has 1 aromatic rings. The van der Waals surface area contributed by atoms with Crippen molar-refractivity contribution in [2.75, 3.05) is 0 Å². The van der Waals surface area contributed by atoms with Crippen LogP contribution >= 0.6 is 0 Å². The summed E-state index contributed by atoms with van der Waals surface area (Å²) in [4.78, 5) is 4.57. The molecule has 100 valence electrons. The van der Waals surface area contributed by atoms with Gasteiger partial charge in [0.05, 0.1) is 17.9 Å². The number of rotatable bonds is 4. The Balaban J connectivity index is 2.27. The summed E-state index contributed by atoms with van der Waals surface area (Å²) in [6, 6.07) is 3.93. The molecule has 0 atom stereocenters. The van der Waals surface area contributed by atoms with Gasteiger partial charge in [-0.3, -0.25) is 0 Å². The fourth-order valence-electron chi connectivity index (χ4n) is 1.61. The minimum atomic E-state index is -0.00197. The quantitative estimate of drug-likeness (QED) is 0.815. The second kappa shape index (κ2) is 4.79. The van der Waals surface area contributed by atoms with E-state index in [2.05, 4.69) is 25.8 Å². The van der Waals surface area contributed by atoms with Gasteiger partial charge in [0, 0.05) is 17.5 Å². The third-order valence-corrected chi connectivity index (χ3v) is 2.73. The molecule has 0 amide bonds. The van der Waals surface area contributed by atoms with E-state index >= 15 is 0 Å². The topological polar surface area (TPSA) is 31.4 Å². The molecule has 0 unspecified atom stereocenters. The average molecular weight is 249 g/mol. The molecule has 0 radical (unpaired) electrons. The van der Waals surface area contributed by atoms with Crippen LogP contribution in [-0.4, -0.2) is 17.2 Å². The zero-order valence-electron chi connectivity index (χ0n) is 12.0. The molecule has 0 saturated heterocycles. The molecule has 3 heteroatoms. The molecule has 1 aliphatic rings. The molecule has 1 saturated carbocycles. The van der Waals surface area contributed by atoms with Gasteiger partial charge < -0.3 is 9.47 Å². The zero-order valence-corrected chi connectivity index (χ0v) is 12.0. The van der Waals surface area contributed by atoms with E-state index in [1.54, 1.807) is 0 Å². The Hall–Kier alpha value is -1.25. The van der Waals surface area contributed by atoms with Gasteiger partial charge in [-0.2, -0.15) is 0 Å². The Morgan fingerprint density at radius 3 is 2.39 bits per heavy atom. The van der Waals surface area contributed by atoms with Crippen LogP contribution in [0.5, 0.6) is 11.6 Å². The van der Waals surface area contributed by atoms with E-state index < -0.39 is 0 Å². The number of aromatic nitrogens is 1. The molecule has 0 aromatic carbocycles. The van der Waals surface area contributed by atoms with Crippen molar-refractivity contribution in [1.29, 1.82) is 0 Å². The van der Waals surface area contributed by atoms with Crippen molar-refractivity contribution in [3.05, 3.63) is 17.8 Å². The van der Waals surface area contributed by atoms with Crippen LogP contribution in [-0.2, 0) is 5.41 Å². The SMILES string of the molecule is CC(C)Oc1cc(OC2CC2)cc(C(C)(C)C)n1. The maximum atomic E-state index is 5.86. The smallest absolute Gasteiger partial charge is 0.217 e. The molecule has 0 spiro atoms. The molecule has 1 heterocycles. The van der Waals surface area contributed by atoms with Crippen molar-refractivity contribution in [3.63, 3.8) is 0 Å². The molecular formula is C15H23NO2. The molecule has 0 bridgehead atoms. The minimum Gasteiger partial charge on any atom is -0.490 e. The van der Waals surface area contributed by atoms with Crippen LogP contribution in [0.2, 0.25) is 0 Å². The lowest BCUT2D eigenvalue weighted by atomic mass is 9.91. The molecule has 1 aromatic heterocycles. The number of nitrogens with zero attached hydrogens (tertiary/aromatic N) is 1. The fraction of sp³-hybridized carbons (Fsp3) is 0.667.